The summed E-state index contributed by atoms with van der Waals surface area (Å²) in [6.07, 6.45) is -1.42. The molecule has 2 N–H and O–H groups in total. The Morgan fingerprint density at radius 3 is 2.20 bits per heavy atom. The van der Waals surface area contributed by atoms with Crippen LogP contribution in [0, 0.1) is 6.92 Å². The number of fused-ring (bicyclic) bond motifs is 1. The first-order valence-electron chi connectivity index (χ1n) is 10.7. The summed E-state index contributed by atoms with van der Waals surface area (Å²) >= 11 is 0. The van der Waals surface area contributed by atoms with Crippen molar-refractivity contribution in [1.82, 2.24) is 10.6 Å². The maximum absolute atomic E-state index is 13.1. The van der Waals surface area contributed by atoms with E-state index in [2.05, 4.69) is 10.6 Å². The number of esters is 1. The lowest BCUT2D eigenvalue weighted by Crippen LogP contribution is -2.41. The summed E-state index contributed by atoms with van der Waals surface area (Å²) < 4.78 is 5.44. The van der Waals surface area contributed by atoms with Crippen molar-refractivity contribution in [1.29, 1.82) is 0 Å². The molecule has 3 aromatic carbocycles. The number of imide groups is 2. The number of carbonyl (C=O) groups is 5. The number of hydrogen-bond acceptors (Lipinski definition) is 6. The van der Waals surface area contributed by atoms with Crippen LogP contribution in [0.1, 0.15) is 48.3 Å². The van der Waals surface area contributed by atoms with E-state index in [0.717, 1.165) is 10.5 Å². The van der Waals surface area contributed by atoms with Crippen molar-refractivity contribution < 1.29 is 28.7 Å². The molecule has 3 aromatic rings. The van der Waals surface area contributed by atoms with Gasteiger partial charge >= 0.3 is 12.0 Å². The second-order valence-corrected chi connectivity index (χ2v) is 7.76. The lowest BCUT2D eigenvalue weighted by atomic mass is 10.1. The highest BCUT2D eigenvalue weighted by Gasteiger charge is 2.38. The average molecular weight is 471 g/mol. The molecule has 1 aliphatic heterocycles. The van der Waals surface area contributed by atoms with E-state index in [-0.39, 0.29) is 16.7 Å². The Morgan fingerprint density at radius 2 is 1.51 bits per heavy atom. The second kappa shape index (κ2) is 9.60. The smallest absolute Gasteiger partial charge is 0.339 e. The number of para-hydroxylation sites is 1. The molecular weight excluding hydrogens is 450 g/mol. The van der Waals surface area contributed by atoms with E-state index >= 15 is 0 Å². The quantitative estimate of drug-likeness (QED) is 0.436. The van der Waals surface area contributed by atoms with Crippen LogP contribution in [-0.2, 0) is 9.53 Å². The van der Waals surface area contributed by atoms with Crippen LogP contribution in [0.2, 0.25) is 0 Å². The van der Waals surface area contributed by atoms with Crippen LogP contribution in [0.4, 0.5) is 10.5 Å². The van der Waals surface area contributed by atoms with Crippen molar-refractivity contribution in [3.63, 3.8) is 0 Å². The molecule has 0 aliphatic carbocycles. The molecule has 0 saturated carbocycles. The molecule has 0 saturated heterocycles. The van der Waals surface area contributed by atoms with Crippen molar-refractivity contribution in [2.75, 3.05) is 11.9 Å². The topological polar surface area (TPSA) is 122 Å². The minimum absolute atomic E-state index is 0.0230. The number of hydrogen-bond donors (Lipinski definition) is 2. The number of aryl methyl sites for hydroxylation is 1. The summed E-state index contributed by atoms with van der Waals surface area (Å²) in [6, 6.07) is 18.4. The third-order valence-corrected chi connectivity index (χ3v) is 5.51. The maximum atomic E-state index is 13.1. The number of ether oxygens (including phenoxy) is 1. The van der Waals surface area contributed by atoms with Gasteiger partial charge in [-0.15, -0.1) is 0 Å². The lowest BCUT2D eigenvalue weighted by Gasteiger charge is -2.17. The monoisotopic (exact) mass is 471 g/mol. The second-order valence-electron chi connectivity index (χ2n) is 7.76. The molecule has 0 spiro atoms. The first kappa shape index (κ1) is 23.4. The van der Waals surface area contributed by atoms with Gasteiger partial charge in [-0.3, -0.25) is 19.7 Å². The van der Waals surface area contributed by atoms with Crippen molar-refractivity contribution >= 4 is 35.4 Å². The van der Waals surface area contributed by atoms with Gasteiger partial charge in [0.15, 0.2) is 0 Å². The maximum Gasteiger partial charge on any atom is 0.339 e. The number of carbonyl (C=O) groups excluding carboxylic acids is 5. The summed E-state index contributed by atoms with van der Waals surface area (Å²) in [5, 5.41) is 4.36. The molecular formula is C26H21N3O6. The van der Waals surface area contributed by atoms with Gasteiger partial charge in [-0.25, -0.2) is 14.5 Å². The van der Waals surface area contributed by atoms with E-state index in [1.165, 1.54) is 25.2 Å². The van der Waals surface area contributed by atoms with Crippen LogP contribution in [-0.4, -0.2) is 36.8 Å². The van der Waals surface area contributed by atoms with Crippen LogP contribution in [0.25, 0.3) is 0 Å². The van der Waals surface area contributed by atoms with Gasteiger partial charge in [0, 0.05) is 12.6 Å². The zero-order chi connectivity index (χ0) is 25.1. The van der Waals surface area contributed by atoms with Gasteiger partial charge in [-0.05, 0) is 36.8 Å². The molecule has 1 atom stereocenters. The number of nitrogens with one attached hydrogen (secondary N) is 2. The highest BCUT2D eigenvalue weighted by atomic mass is 16.5. The fraction of sp³-hybridized carbons (Fsp3) is 0.115. The summed E-state index contributed by atoms with van der Waals surface area (Å²) in [7, 11) is 1.34. The van der Waals surface area contributed by atoms with Gasteiger partial charge in [0.1, 0.15) is 0 Å². The normalized spacial score (nSPS) is 13.1. The first-order valence-corrected chi connectivity index (χ1v) is 10.7. The zero-order valence-corrected chi connectivity index (χ0v) is 18.9. The SMILES string of the molecule is CNC(=O)NC(=O)C(OC(=O)c1ccc2c(c1)C(=O)N(c1ccccc1C)C2=O)c1ccccc1. The van der Waals surface area contributed by atoms with E-state index in [4.69, 9.17) is 4.74 Å². The van der Waals surface area contributed by atoms with E-state index in [1.807, 2.05) is 0 Å². The number of rotatable bonds is 5. The Kier molecular flexibility index (Phi) is 6.41. The van der Waals surface area contributed by atoms with E-state index < -0.39 is 35.8 Å². The van der Waals surface area contributed by atoms with Crippen LogP contribution in [0.3, 0.4) is 0 Å². The fourth-order valence-corrected chi connectivity index (χ4v) is 3.72. The lowest BCUT2D eigenvalue weighted by molar-refractivity contribution is -0.129. The molecule has 9 heteroatoms. The summed E-state index contributed by atoms with van der Waals surface area (Å²) in [5.74, 6) is -2.80. The van der Waals surface area contributed by atoms with Gasteiger partial charge < -0.3 is 10.1 Å². The highest BCUT2D eigenvalue weighted by Crippen LogP contribution is 2.31. The minimum atomic E-state index is -1.42. The molecule has 1 unspecified atom stereocenters. The third-order valence-electron chi connectivity index (χ3n) is 5.51. The van der Waals surface area contributed by atoms with Crippen molar-refractivity contribution in [3.05, 3.63) is 101 Å². The van der Waals surface area contributed by atoms with Gasteiger partial charge in [0.25, 0.3) is 17.7 Å². The van der Waals surface area contributed by atoms with Crippen LogP contribution in [0.15, 0.2) is 72.8 Å². The zero-order valence-electron chi connectivity index (χ0n) is 18.9. The molecule has 5 amide bonds. The standard InChI is InChI=1S/C26H21N3O6/c1-15-8-6-7-11-20(15)29-23(31)18-13-12-17(14-19(18)24(29)32)25(33)35-21(16-9-4-3-5-10-16)22(30)28-26(34)27-2/h3-14,21H,1-2H3,(H2,27,28,30,34). The number of nitrogens with zero attached hydrogens (tertiary/aromatic N) is 1. The molecule has 4 rings (SSSR count). The van der Waals surface area contributed by atoms with Crippen molar-refractivity contribution in [2.45, 2.75) is 13.0 Å². The molecule has 176 valence electrons. The summed E-state index contributed by atoms with van der Waals surface area (Å²) in [5.41, 5.74) is 1.74. The fourth-order valence-electron chi connectivity index (χ4n) is 3.72. The van der Waals surface area contributed by atoms with Gasteiger partial charge in [0.2, 0.25) is 6.10 Å². The van der Waals surface area contributed by atoms with Gasteiger partial charge in [0.05, 0.1) is 22.4 Å². The number of amides is 5. The summed E-state index contributed by atoms with van der Waals surface area (Å²) in [4.78, 5) is 64.3. The van der Waals surface area contributed by atoms with Crippen molar-refractivity contribution in [3.8, 4) is 0 Å². The van der Waals surface area contributed by atoms with Crippen LogP contribution >= 0.6 is 0 Å². The Morgan fingerprint density at radius 1 is 0.857 bits per heavy atom. The van der Waals surface area contributed by atoms with Crippen LogP contribution in [0.5, 0.6) is 0 Å². The molecule has 9 nitrogen and oxygen atoms in total. The van der Waals surface area contributed by atoms with Crippen LogP contribution < -0.4 is 15.5 Å². The Hall–Kier alpha value is -4.79. The van der Waals surface area contributed by atoms with Gasteiger partial charge in [-0.1, -0.05) is 48.5 Å². The third kappa shape index (κ3) is 4.51. The van der Waals surface area contributed by atoms with Gasteiger partial charge in [-0.2, -0.15) is 0 Å². The Bertz CT molecular complexity index is 1350. The predicted molar refractivity (Wildman–Crippen MR) is 126 cm³/mol. The number of benzene rings is 3. The molecule has 1 aliphatic rings. The largest absolute Gasteiger partial charge is 0.444 e. The molecule has 0 radical (unpaired) electrons. The Labute approximate surface area is 200 Å². The summed E-state index contributed by atoms with van der Waals surface area (Å²) in [6.45, 7) is 1.79. The predicted octanol–water partition coefficient (Wildman–Crippen LogP) is 3.15. The average Bonchev–Trinajstić information content (AvgIpc) is 3.12. The minimum Gasteiger partial charge on any atom is -0.444 e. The first-order chi connectivity index (χ1) is 16.8. The molecule has 1 heterocycles. The Balaban J connectivity index is 1.62. The number of urea groups is 1. The molecule has 0 fully saturated rings. The van der Waals surface area contributed by atoms with E-state index in [1.54, 1.807) is 61.5 Å². The molecule has 0 aromatic heterocycles. The molecule has 35 heavy (non-hydrogen) atoms. The van der Waals surface area contributed by atoms with Crippen molar-refractivity contribution in [2.24, 2.45) is 0 Å². The highest BCUT2D eigenvalue weighted by molar-refractivity contribution is 6.35. The molecule has 0 bridgehead atoms. The number of anilines is 1. The van der Waals surface area contributed by atoms with E-state index in [0.29, 0.717) is 11.3 Å². The van der Waals surface area contributed by atoms with E-state index in [9.17, 15) is 24.0 Å².